The Bertz CT molecular complexity index is 1430. The zero-order valence-corrected chi connectivity index (χ0v) is 19.9. The zero-order chi connectivity index (χ0) is 25.9. The fourth-order valence-corrected chi connectivity index (χ4v) is 5.31. The Balaban J connectivity index is 1.51. The molecule has 2 aliphatic rings. The number of nitriles is 1. The third-order valence-corrected chi connectivity index (χ3v) is 7.02. The molecule has 8 nitrogen and oxygen atoms in total. The van der Waals surface area contributed by atoms with Crippen LogP contribution in [0.1, 0.15) is 40.3 Å². The summed E-state index contributed by atoms with van der Waals surface area (Å²) in [5, 5.41) is 22.4. The van der Waals surface area contributed by atoms with Gasteiger partial charge in [-0.05, 0) is 49.4 Å². The molecule has 5 rings (SSSR count). The Morgan fingerprint density at radius 2 is 1.94 bits per heavy atom. The second-order valence-electron chi connectivity index (χ2n) is 9.23. The van der Waals surface area contributed by atoms with Gasteiger partial charge in [-0.15, -0.1) is 0 Å². The molecular formula is C24H20ClF3N6O2. The van der Waals surface area contributed by atoms with Crippen molar-refractivity contribution in [1.82, 2.24) is 15.0 Å². The van der Waals surface area contributed by atoms with Gasteiger partial charge in [-0.2, -0.15) is 18.4 Å². The summed E-state index contributed by atoms with van der Waals surface area (Å²) in [4.78, 5) is 26.4. The van der Waals surface area contributed by atoms with Crippen molar-refractivity contribution in [1.29, 1.82) is 5.26 Å². The highest BCUT2D eigenvalue weighted by Gasteiger charge is 2.67. The Morgan fingerprint density at radius 3 is 2.56 bits per heavy atom. The summed E-state index contributed by atoms with van der Waals surface area (Å²) in [5.41, 5.74) is 2.55. The number of nitrogens with zero attached hydrogens (tertiary/aromatic N) is 5. The molecule has 186 valence electrons. The van der Waals surface area contributed by atoms with Crippen molar-refractivity contribution in [3.8, 4) is 6.07 Å². The minimum Gasteiger partial charge on any atom is -0.476 e. The lowest BCUT2D eigenvalue weighted by molar-refractivity contribution is -0.154. The number of carboxylic acids is 1. The van der Waals surface area contributed by atoms with Gasteiger partial charge in [-0.3, -0.25) is 0 Å². The maximum Gasteiger partial charge on any atom is 0.392 e. The summed E-state index contributed by atoms with van der Waals surface area (Å²) in [5.74, 6) is -3.29. The van der Waals surface area contributed by atoms with Gasteiger partial charge in [0.25, 0.3) is 0 Å². The molecular weight excluding hydrogens is 497 g/mol. The van der Waals surface area contributed by atoms with E-state index in [0.717, 1.165) is 5.56 Å². The molecule has 0 spiro atoms. The lowest BCUT2D eigenvalue weighted by Gasteiger charge is -2.24. The molecule has 36 heavy (non-hydrogen) atoms. The number of nitrogens with one attached hydrogen (secondary N) is 1. The molecule has 3 heterocycles. The van der Waals surface area contributed by atoms with Crippen molar-refractivity contribution in [3.05, 3.63) is 51.9 Å². The van der Waals surface area contributed by atoms with Crippen LogP contribution >= 0.6 is 11.6 Å². The number of carboxylic acid groups (broad SMARTS) is 1. The molecule has 1 saturated heterocycles. The second kappa shape index (κ2) is 8.48. The highest BCUT2D eigenvalue weighted by molar-refractivity contribution is 6.29. The summed E-state index contributed by atoms with van der Waals surface area (Å²) in [6, 6.07) is 8.21. The van der Waals surface area contributed by atoms with E-state index < -0.39 is 35.9 Å². The molecule has 1 saturated carbocycles. The Hall–Kier alpha value is -3.65. The minimum absolute atomic E-state index is 0.0440. The number of halogens is 4. The minimum atomic E-state index is -4.22. The van der Waals surface area contributed by atoms with Crippen LogP contribution in [-0.2, 0) is 0 Å². The molecule has 3 atom stereocenters. The number of aryl methyl sites for hydroxylation is 1. The van der Waals surface area contributed by atoms with Crippen LogP contribution in [0.5, 0.6) is 0 Å². The zero-order valence-electron chi connectivity index (χ0n) is 19.1. The predicted molar refractivity (Wildman–Crippen MR) is 126 cm³/mol. The molecule has 0 amide bonds. The van der Waals surface area contributed by atoms with Crippen LogP contribution < -0.4 is 10.2 Å². The van der Waals surface area contributed by atoms with Crippen molar-refractivity contribution in [3.63, 3.8) is 0 Å². The predicted octanol–water partition coefficient (Wildman–Crippen LogP) is 4.97. The summed E-state index contributed by atoms with van der Waals surface area (Å²) in [6.07, 6.45) is -4.22. The first-order chi connectivity index (χ1) is 17.0. The number of piperidine rings is 1. The molecule has 1 aliphatic carbocycles. The van der Waals surface area contributed by atoms with Crippen molar-refractivity contribution in [2.75, 3.05) is 23.3 Å². The summed E-state index contributed by atoms with van der Waals surface area (Å²) in [7, 11) is 0. The van der Waals surface area contributed by atoms with Gasteiger partial charge in [-0.1, -0.05) is 17.7 Å². The van der Waals surface area contributed by atoms with E-state index in [0.29, 0.717) is 16.6 Å². The number of pyridine rings is 1. The van der Waals surface area contributed by atoms with Crippen LogP contribution in [0.15, 0.2) is 24.3 Å². The Kier molecular flexibility index (Phi) is 5.67. The Morgan fingerprint density at radius 1 is 1.25 bits per heavy atom. The van der Waals surface area contributed by atoms with Crippen LogP contribution in [0.3, 0.4) is 0 Å². The topological polar surface area (TPSA) is 115 Å². The monoisotopic (exact) mass is 516 g/mol. The molecule has 2 N–H and O–H groups in total. The van der Waals surface area contributed by atoms with E-state index in [1.165, 1.54) is 12.1 Å². The van der Waals surface area contributed by atoms with Gasteiger partial charge in [-0.25, -0.2) is 19.7 Å². The summed E-state index contributed by atoms with van der Waals surface area (Å²) < 4.78 is 39.5. The molecule has 0 radical (unpaired) electrons. The average Bonchev–Trinajstić information content (AvgIpc) is 3.35. The van der Waals surface area contributed by atoms with E-state index in [1.807, 2.05) is 26.0 Å². The van der Waals surface area contributed by atoms with E-state index in [2.05, 4.69) is 15.3 Å². The average molecular weight is 517 g/mol. The van der Waals surface area contributed by atoms with Gasteiger partial charge in [0.1, 0.15) is 11.2 Å². The van der Waals surface area contributed by atoms with E-state index in [-0.39, 0.29) is 41.1 Å². The van der Waals surface area contributed by atoms with Gasteiger partial charge in [0, 0.05) is 18.7 Å². The van der Waals surface area contributed by atoms with Crippen molar-refractivity contribution < 1.29 is 23.1 Å². The normalized spacial score (nSPS) is 21.7. The third-order valence-electron chi connectivity index (χ3n) is 6.81. The van der Waals surface area contributed by atoms with E-state index >= 15 is 0 Å². The van der Waals surface area contributed by atoms with Crippen molar-refractivity contribution in [2.45, 2.75) is 26.1 Å². The van der Waals surface area contributed by atoms with E-state index in [1.54, 1.807) is 11.0 Å². The van der Waals surface area contributed by atoms with Gasteiger partial charge in [0.05, 0.1) is 28.7 Å². The number of fused-ring (bicyclic) bond motifs is 2. The van der Waals surface area contributed by atoms with E-state index in [9.17, 15) is 28.3 Å². The molecule has 0 bridgehead atoms. The molecule has 1 aromatic carbocycles. The first kappa shape index (κ1) is 24.1. The lowest BCUT2D eigenvalue weighted by Crippen LogP contribution is -2.30. The summed E-state index contributed by atoms with van der Waals surface area (Å²) in [6.45, 7) is 4.00. The quantitative estimate of drug-likeness (QED) is 0.456. The molecule has 1 aliphatic heterocycles. The maximum absolute atomic E-state index is 13.2. The third kappa shape index (κ3) is 4.15. The number of hydrogen-bond donors (Lipinski definition) is 2. The highest BCUT2D eigenvalue weighted by atomic mass is 35.5. The molecule has 0 unspecified atom stereocenters. The van der Waals surface area contributed by atoms with Gasteiger partial charge in [0.2, 0.25) is 0 Å². The smallest absolute Gasteiger partial charge is 0.392 e. The fourth-order valence-electron chi connectivity index (χ4n) is 5.16. The van der Waals surface area contributed by atoms with Crippen LogP contribution in [0.4, 0.5) is 24.7 Å². The van der Waals surface area contributed by atoms with Crippen LogP contribution in [-0.4, -0.2) is 45.3 Å². The SMILES string of the molecule is Cc1cc([C@@H](C)Nc2ccc(Cl)nc2C(=O)O)c2nc(N3C[C@H]4C(C(F)(F)F)[C@@H]4C3)c(C#N)nc2c1. The number of carbonyl (C=O) groups is 1. The Labute approximate surface area is 208 Å². The van der Waals surface area contributed by atoms with Gasteiger partial charge < -0.3 is 15.3 Å². The number of anilines is 2. The second-order valence-corrected chi connectivity index (χ2v) is 9.62. The van der Waals surface area contributed by atoms with Crippen LogP contribution in [0.25, 0.3) is 11.0 Å². The first-order valence-corrected chi connectivity index (χ1v) is 11.6. The number of aromatic carboxylic acids is 1. The standard InChI is InChI=1S/C24H20ClF3N6O2/c1-10-5-12(11(2)30-15-3-4-18(25)32-21(15)23(35)36)20-16(6-10)31-17(7-29)22(33-20)34-8-13-14(9-34)19(13)24(26,27)28/h3-6,11,13-14,19,30H,8-9H2,1-2H3,(H,35,36)/t11-,13-,14-/m1/s1. The molecule has 2 aromatic heterocycles. The van der Waals surface area contributed by atoms with Gasteiger partial charge in [0.15, 0.2) is 17.2 Å². The fraction of sp³-hybridized carbons (Fsp3) is 0.375. The van der Waals surface area contributed by atoms with E-state index in [4.69, 9.17) is 16.6 Å². The van der Waals surface area contributed by atoms with Crippen LogP contribution in [0, 0.1) is 36.0 Å². The molecule has 2 fully saturated rings. The lowest BCUT2D eigenvalue weighted by atomic mass is 10.0. The van der Waals surface area contributed by atoms with Crippen molar-refractivity contribution in [2.24, 2.45) is 17.8 Å². The number of rotatable bonds is 5. The largest absolute Gasteiger partial charge is 0.476 e. The summed E-state index contributed by atoms with van der Waals surface area (Å²) >= 11 is 5.85. The van der Waals surface area contributed by atoms with Crippen molar-refractivity contribution >= 4 is 40.1 Å². The number of benzene rings is 1. The molecule has 12 heteroatoms. The number of hydrogen-bond acceptors (Lipinski definition) is 7. The first-order valence-electron chi connectivity index (χ1n) is 11.2. The number of alkyl halides is 3. The maximum atomic E-state index is 13.2. The van der Waals surface area contributed by atoms with Crippen LogP contribution in [0.2, 0.25) is 5.15 Å². The number of aromatic nitrogens is 3. The molecule has 3 aromatic rings. The van der Waals surface area contributed by atoms with Gasteiger partial charge >= 0.3 is 12.1 Å². The highest BCUT2D eigenvalue weighted by Crippen LogP contribution is 2.59.